The largest absolute Gasteiger partial charge is 0.333 e. The lowest BCUT2D eigenvalue weighted by Crippen LogP contribution is -2.16. The van der Waals surface area contributed by atoms with Crippen LogP contribution in [-0.4, -0.2) is 19.7 Å². The van der Waals surface area contributed by atoms with Gasteiger partial charge in [0, 0.05) is 13.0 Å². The minimum absolute atomic E-state index is 0.0445. The summed E-state index contributed by atoms with van der Waals surface area (Å²) in [5.74, 6) is 1.72. The van der Waals surface area contributed by atoms with Crippen LogP contribution >= 0.6 is 11.3 Å². The molecule has 4 rings (SSSR count). The Balaban J connectivity index is 1.92. The molecule has 3 aromatic heterocycles. The van der Waals surface area contributed by atoms with E-state index >= 15 is 0 Å². The van der Waals surface area contributed by atoms with Crippen molar-refractivity contribution >= 4 is 21.6 Å². The first-order valence-corrected chi connectivity index (χ1v) is 7.25. The van der Waals surface area contributed by atoms with Crippen molar-refractivity contribution in [1.29, 1.82) is 0 Å². The van der Waals surface area contributed by atoms with Crippen molar-refractivity contribution in [2.75, 3.05) is 0 Å². The van der Waals surface area contributed by atoms with Crippen LogP contribution in [0.15, 0.2) is 15.6 Å². The van der Waals surface area contributed by atoms with Gasteiger partial charge in [-0.25, -0.2) is 4.98 Å². The third-order valence-corrected chi connectivity index (χ3v) is 4.78. The zero-order chi connectivity index (χ0) is 13.9. The van der Waals surface area contributed by atoms with Gasteiger partial charge in [0.15, 0.2) is 5.82 Å². The first kappa shape index (κ1) is 11.8. The third kappa shape index (κ3) is 1.62. The lowest BCUT2D eigenvalue weighted by Gasteiger charge is -1.95. The van der Waals surface area contributed by atoms with Crippen LogP contribution < -0.4 is 5.56 Å². The highest BCUT2D eigenvalue weighted by molar-refractivity contribution is 7.22. The van der Waals surface area contributed by atoms with Crippen molar-refractivity contribution in [1.82, 2.24) is 19.7 Å². The lowest BCUT2D eigenvalue weighted by molar-refractivity contribution is 0.423. The monoisotopic (exact) mass is 288 g/mol. The molecule has 0 aromatic carbocycles. The highest BCUT2D eigenvalue weighted by atomic mass is 32.1. The molecular weight excluding hydrogens is 276 g/mol. The normalized spacial score (nSPS) is 15.1. The Bertz CT molecular complexity index is 872. The van der Waals surface area contributed by atoms with E-state index in [2.05, 4.69) is 15.1 Å². The number of aromatic nitrogens is 4. The number of rotatable bonds is 2. The van der Waals surface area contributed by atoms with E-state index in [4.69, 9.17) is 4.52 Å². The SMILES string of the molecule is Cc1c(-c2nc(C3CC3)no2)sc2ncn(C)c(=O)c12. The molecule has 1 fully saturated rings. The molecule has 1 saturated carbocycles. The van der Waals surface area contributed by atoms with E-state index < -0.39 is 0 Å². The fourth-order valence-corrected chi connectivity index (χ4v) is 3.31. The molecule has 3 heterocycles. The molecule has 0 amide bonds. The quantitative estimate of drug-likeness (QED) is 0.723. The van der Waals surface area contributed by atoms with Gasteiger partial charge in [0.05, 0.1) is 16.6 Å². The summed E-state index contributed by atoms with van der Waals surface area (Å²) >= 11 is 1.42. The Morgan fingerprint density at radius 1 is 1.45 bits per heavy atom. The van der Waals surface area contributed by atoms with E-state index in [1.807, 2.05) is 6.92 Å². The van der Waals surface area contributed by atoms with Gasteiger partial charge in [-0.05, 0) is 25.3 Å². The number of aryl methyl sites for hydroxylation is 2. The van der Waals surface area contributed by atoms with Crippen LogP contribution in [0.2, 0.25) is 0 Å². The lowest BCUT2D eigenvalue weighted by atomic mass is 10.2. The number of fused-ring (bicyclic) bond motifs is 1. The summed E-state index contributed by atoms with van der Waals surface area (Å²) in [6.07, 6.45) is 3.80. The molecule has 0 unspecified atom stereocenters. The molecule has 20 heavy (non-hydrogen) atoms. The van der Waals surface area contributed by atoms with E-state index in [1.54, 1.807) is 7.05 Å². The van der Waals surface area contributed by atoms with Gasteiger partial charge in [-0.15, -0.1) is 11.3 Å². The predicted molar refractivity (Wildman–Crippen MR) is 74.9 cm³/mol. The van der Waals surface area contributed by atoms with Crippen molar-refractivity contribution in [3.63, 3.8) is 0 Å². The molecule has 0 N–H and O–H groups in total. The Morgan fingerprint density at radius 3 is 3.00 bits per heavy atom. The van der Waals surface area contributed by atoms with E-state index in [1.165, 1.54) is 22.2 Å². The second kappa shape index (κ2) is 3.99. The summed E-state index contributed by atoms with van der Waals surface area (Å²) < 4.78 is 6.83. The van der Waals surface area contributed by atoms with Crippen LogP contribution in [0.3, 0.4) is 0 Å². The average Bonchev–Trinajstić information content (AvgIpc) is 3.07. The first-order valence-electron chi connectivity index (χ1n) is 6.44. The van der Waals surface area contributed by atoms with Gasteiger partial charge in [-0.3, -0.25) is 4.79 Å². The topological polar surface area (TPSA) is 73.8 Å². The molecule has 102 valence electrons. The van der Waals surface area contributed by atoms with Gasteiger partial charge in [0.1, 0.15) is 4.83 Å². The standard InChI is InChI=1S/C13H12N4O2S/c1-6-8-12(14-5-17(2)13(8)18)20-9(6)11-15-10(16-19-11)7-3-4-7/h5,7H,3-4H2,1-2H3. The molecule has 0 bridgehead atoms. The van der Waals surface area contributed by atoms with Crippen molar-refractivity contribution in [2.24, 2.45) is 7.05 Å². The molecule has 0 aliphatic heterocycles. The molecule has 0 radical (unpaired) electrons. The van der Waals surface area contributed by atoms with Crippen LogP contribution in [-0.2, 0) is 7.05 Å². The Morgan fingerprint density at radius 2 is 2.25 bits per heavy atom. The van der Waals surface area contributed by atoms with Crippen LogP contribution in [0.25, 0.3) is 21.0 Å². The summed E-state index contributed by atoms with van der Waals surface area (Å²) in [5.41, 5.74) is 0.821. The molecule has 1 aliphatic carbocycles. The maximum atomic E-state index is 12.2. The van der Waals surface area contributed by atoms with E-state index in [9.17, 15) is 4.79 Å². The summed E-state index contributed by atoms with van der Waals surface area (Å²) in [7, 11) is 1.70. The van der Waals surface area contributed by atoms with Gasteiger partial charge in [0.2, 0.25) is 0 Å². The molecule has 3 aromatic rings. The van der Waals surface area contributed by atoms with Crippen molar-refractivity contribution in [3.8, 4) is 10.8 Å². The Hall–Kier alpha value is -2.02. The minimum Gasteiger partial charge on any atom is -0.333 e. The van der Waals surface area contributed by atoms with Gasteiger partial charge < -0.3 is 9.09 Å². The summed E-state index contributed by atoms with van der Waals surface area (Å²) in [5, 5.41) is 4.66. The minimum atomic E-state index is -0.0445. The number of hydrogen-bond acceptors (Lipinski definition) is 6. The molecule has 7 heteroatoms. The number of thiophene rings is 1. The third-order valence-electron chi connectivity index (χ3n) is 3.59. The van der Waals surface area contributed by atoms with Gasteiger partial charge in [-0.1, -0.05) is 5.16 Å². The van der Waals surface area contributed by atoms with Crippen LogP contribution in [0.4, 0.5) is 0 Å². The van der Waals surface area contributed by atoms with Gasteiger partial charge in [-0.2, -0.15) is 4.98 Å². The van der Waals surface area contributed by atoms with Gasteiger partial charge in [0.25, 0.3) is 11.4 Å². The maximum absolute atomic E-state index is 12.2. The molecule has 0 atom stereocenters. The summed E-state index contributed by atoms with van der Waals surface area (Å²) in [6, 6.07) is 0. The Kier molecular flexibility index (Phi) is 2.35. The van der Waals surface area contributed by atoms with E-state index in [-0.39, 0.29) is 5.56 Å². The highest BCUT2D eigenvalue weighted by Crippen LogP contribution is 2.40. The molecule has 0 saturated heterocycles. The maximum Gasteiger partial charge on any atom is 0.268 e. The van der Waals surface area contributed by atoms with Crippen molar-refractivity contribution in [2.45, 2.75) is 25.7 Å². The molecule has 6 nitrogen and oxygen atoms in total. The zero-order valence-corrected chi connectivity index (χ0v) is 11.9. The van der Waals surface area contributed by atoms with Crippen LogP contribution in [0.1, 0.15) is 30.1 Å². The van der Waals surface area contributed by atoms with Crippen molar-refractivity contribution < 1.29 is 4.52 Å². The second-order valence-electron chi connectivity index (χ2n) is 5.13. The predicted octanol–water partition coefficient (Wildman–Crippen LogP) is 2.23. The number of hydrogen-bond donors (Lipinski definition) is 0. The molecular formula is C13H12N4O2S. The average molecular weight is 288 g/mol. The first-order chi connectivity index (χ1) is 9.65. The van der Waals surface area contributed by atoms with Crippen molar-refractivity contribution in [3.05, 3.63) is 28.1 Å². The van der Waals surface area contributed by atoms with Crippen LogP contribution in [0.5, 0.6) is 0 Å². The van der Waals surface area contributed by atoms with E-state index in [0.29, 0.717) is 22.0 Å². The van der Waals surface area contributed by atoms with Gasteiger partial charge >= 0.3 is 0 Å². The molecule has 1 aliphatic rings. The fourth-order valence-electron chi connectivity index (χ4n) is 2.25. The zero-order valence-electron chi connectivity index (χ0n) is 11.1. The number of nitrogens with zero attached hydrogens (tertiary/aromatic N) is 4. The second-order valence-corrected chi connectivity index (χ2v) is 6.13. The Labute approximate surface area is 118 Å². The summed E-state index contributed by atoms with van der Waals surface area (Å²) in [6.45, 7) is 1.90. The highest BCUT2D eigenvalue weighted by Gasteiger charge is 2.29. The smallest absolute Gasteiger partial charge is 0.268 e. The van der Waals surface area contributed by atoms with Crippen LogP contribution in [0, 0.1) is 6.92 Å². The summed E-state index contributed by atoms with van der Waals surface area (Å²) in [4.78, 5) is 22.5. The fraction of sp³-hybridized carbons (Fsp3) is 0.385. The molecule has 0 spiro atoms. The van der Waals surface area contributed by atoms with E-state index in [0.717, 1.165) is 29.1 Å².